The van der Waals surface area contributed by atoms with Gasteiger partial charge in [-0.15, -0.1) is 0 Å². The second-order valence-electron chi connectivity index (χ2n) is 6.94. The molecule has 2 aliphatic rings. The third-order valence-electron chi connectivity index (χ3n) is 5.03. The minimum Gasteiger partial charge on any atom is -0.489 e. The second-order valence-corrected chi connectivity index (χ2v) is 7.38. The molecule has 0 radical (unpaired) electrons. The summed E-state index contributed by atoms with van der Waals surface area (Å²) < 4.78 is 5.93. The van der Waals surface area contributed by atoms with E-state index < -0.39 is 0 Å². The first-order chi connectivity index (χ1) is 12.2. The predicted octanol–water partition coefficient (Wildman–Crippen LogP) is 2.85. The van der Waals surface area contributed by atoms with E-state index >= 15 is 0 Å². The quantitative estimate of drug-likeness (QED) is 0.644. The first kappa shape index (κ1) is 18.3. The van der Waals surface area contributed by atoms with Crippen LogP contribution in [0.3, 0.4) is 0 Å². The zero-order chi connectivity index (χ0) is 17.6. The summed E-state index contributed by atoms with van der Waals surface area (Å²) in [5.41, 5.74) is 0. The van der Waals surface area contributed by atoms with Gasteiger partial charge in [-0.25, -0.2) is 0 Å². The molecule has 138 valence electrons. The van der Waals surface area contributed by atoms with Gasteiger partial charge in [0.25, 0.3) is 0 Å². The summed E-state index contributed by atoms with van der Waals surface area (Å²) >= 11 is 5.91. The highest BCUT2D eigenvalue weighted by molar-refractivity contribution is 6.30. The molecule has 25 heavy (non-hydrogen) atoms. The van der Waals surface area contributed by atoms with Gasteiger partial charge in [-0.05, 0) is 63.5 Å². The molecule has 0 aromatic heterocycles. The van der Waals surface area contributed by atoms with Crippen LogP contribution in [-0.2, 0) is 0 Å². The van der Waals surface area contributed by atoms with Gasteiger partial charge in [0.1, 0.15) is 11.9 Å². The fourth-order valence-corrected chi connectivity index (χ4v) is 3.82. The Hall–Kier alpha value is -1.46. The van der Waals surface area contributed by atoms with Crippen LogP contribution in [0.25, 0.3) is 0 Å². The SMILES string of the molecule is CN=C(NCC(C)Oc1ccc(Cl)cc1)N1CCC(N2CCCC2)C1. The number of aliphatic imine (C=N–C) groups is 1. The summed E-state index contributed by atoms with van der Waals surface area (Å²) in [6.45, 7) is 7.46. The zero-order valence-corrected chi connectivity index (χ0v) is 16.0. The van der Waals surface area contributed by atoms with E-state index in [4.69, 9.17) is 16.3 Å². The summed E-state index contributed by atoms with van der Waals surface area (Å²) in [7, 11) is 1.86. The number of nitrogens with zero attached hydrogens (tertiary/aromatic N) is 3. The molecule has 0 aliphatic carbocycles. The van der Waals surface area contributed by atoms with Gasteiger partial charge in [-0.3, -0.25) is 9.89 Å². The number of likely N-dealkylation sites (tertiary alicyclic amines) is 2. The van der Waals surface area contributed by atoms with Crippen LogP contribution in [0.2, 0.25) is 5.02 Å². The highest BCUT2D eigenvalue weighted by Crippen LogP contribution is 2.20. The van der Waals surface area contributed by atoms with Crippen molar-refractivity contribution in [1.82, 2.24) is 15.1 Å². The van der Waals surface area contributed by atoms with E-state index in [0.29, 0.717) is 6.04 Å². The van der Waals surface area contributed by atoms with Crippen LogP contribution in [-0.4, -0.2) is 67.7 Å². The Balaban J connectivity index is 1.45. The van der Waals surface area contributed by atoms with Gasteiger partial charge in [-0.1, -0.05) is 11.6 Å². The number of guanidine groups is 1. The summed E-state index contributed by atoms with van der Waals surface area (Å²) in [6, 6.07) is 8.17. The zero-order valence-electron chi connectivity index (χ0n) is 15.2. The minimum absolute atomic E-state index is 0.0508. The average Bonchev–Trinajstić information content (AvgIpc) is 3.29. The minimum atomic E-state index is 0.0508. The maximum atomic E-state index is 5.93. The summed E-state index contributed by atoms with van der Waals surface area (Å²) in [6.07, 6.45) is 3.98. The van der Waals surface area contributed by atoms with Gasteiger partial charge >= 0.3 is 0 Å². The largest absolute Gasteiger partial charge is 0.489 e. The standard InChI is InChI=1S/C19H29ClN4O/c1-15(25-18-7-5-16(20)6-8-18)13-22-19(21-2)24-12-9-17(14-24)23-10-3-4-11-23/h5-8,15,17H,3-4,9-14H2,1-2H3,(H,21,22). The van der Waals surface area contributed by atoms with E-state index in [-0.39, 0.29) is 6.10 Å². The lowest BCUT2D eigenvalue weighted by atomic mass is 10.2. The van der Waals surface area contributed by atoms with Crippen molar-refractivity contribution in [3.05, 3.63) is 29.3 Å². The van der Waals surface area contributed by atoms with Crippen molar-refractivity contribution in [2.24, 2.45) is 4.99 Å². The maximum Gasteiger partial charge on any atom is 0.193 e. The molecule has 2 saturated heterocycles. The Morgan fingerprint density at radius 3 is 2.68 bits per heavy atom. The highest BCUT2D eigenvalue weighted by Gasteiger charge is 2.30. The molecule has 5 nitrogen and oxygen atoms in total. The smallest absolute Gasteiger partial charge is 0.193 e. The molecule has 0 amide bonds. The van der Waals surface area contributed by atoms with Gasteiger partial charge in [0.05, 0.1) is 6.54 Å². The Kier molecular flexibility index (Phi) is 6.43. The van der Waals surface area contributed by atoms with E-state index in [0.717, 1.165) is 36.4 Å². The molecule has 2 fully saturated rings. The van der Waals surface area contributed by atoms with Crippen molar-refractivity contribution < 1.29 is 4.74 Å². The molecular formula is C19H29ClN4O. The maximum absolute atomic E-state index is 5.93. The van der Waals surface area contributed by atoms with E-state index in [1.165, 1.54) is 32.4 Å². The lowest BCUT2D eigenvalue weighted by Gasteiger charge is -2.26. The molecule has 6 heteroatoms. The van der Waals surface area contributed by atoms with E-state index in [9.17, 15) is 0 Å². The predicted molar refractivity (Wildman–Crippen MR) is 104 cm³/mol. The Morgan fingerprint density at radius 1 is 1.28 bits per heavy atom. The molecule has 0 bridgehead atoms. The van der Waals surface area contributed by atoms with Crippen LogP contribution < -0.4 is 10.1 Å². The summed E-state index contributed by atoms with van der Waals surface area (Å²) in [4.78, 5) is 9.47. The fourth-order valence-electron chi connectivity index (χ4n) is 3.69. The van der Waals surface area contributed by atoms with Gasteiger partial charge in [0.2, 0.25) is 0 Å². The van der Waals surface area contributed by atoms with Gasteiger partial charge in [0.15, 0.2) is 5.96 Å². The molecule has 3 rings (SSSR count). The first-order valence-corrected chi connectivity index (χ1v) is 9.65. The van der Waals surface area contributed by atoms with Gasteiger partial charge in [-0.2, -0.15) is 0 Å². The third-order valence-corrected chi connectivity index (χ3v) is 5.28. The topological polar surface area (TPSA) is 40.1 Å². The van der Waals surface area contributed by atoms with Crippen LogP contribution in [0.4, 0.5) is 0 Å². The number of halogens is 1. The van der Waals surface area contributed by atoms with Crippen molar-refractivity contribution >= 4 is 17.6 Å². The molecule has 2 atom stereocenters. The fraction of sp³-hybridized carbons (Fsp3) is 0.632. The van der Waals surface area contributed by atoms with Crippen LogP contribution in [0, 0.1) is 0 Å². The van der Waals surface area contributed by atoms with Crippen LogP contribution in [0.15, 0.2) is 29.3 Å². The van der Waals surface area contributed by atoms with E-state index in [1.54, 1.807) is 0 Å². The molecule has 2 heterocycles. The lowest BCUT2D eigenvalue weighted by Crippen LogP contribution is -2.45. The molecule has 0 saturated carbocycles. The Morgan fingerprint density at radius 2 is 2.00 bits per heavy atom. The Labute approximate surface area is 156 Å². The lowest BCUT2D eigenvalue weighted by molar-refractivity contribution is 0.221. The van der Waals surface area contributed by atoms with Crippen molar-refractivity contribution in [3.8, 4) is 5.75 Å². The number of ether oxygens (including phenoxy) is 1. The number of hydrogen-bond donors (Lipinski definition) is 1. The van der Waals surface area contributed by atoms with Crippen molar-refractivity contribution in [2.45, 2.75) is 38.3 Å². The Bertz CT molecular complexity index is 571. The van der Waals surface area contributed by atoms with Crippen molar-refractivity contribution in [1.29, 1.82) is 0 Å². The average molecular weight is 365 g/mol. The molecule has 1 aromatic rings. The molecule has 1 aromatic carbocycles. The number of hydrogen-bond acceptors (Lipinski definition) is 3. The monoisotopic (exact) mass is 364 g/mol. The molecule has 1 N–H and O–H groups in total. The molecule has 2 unspecified atom stereocenters. The summed E-state index contributed by atoms with van der Waals surface area (Å²) in [5, 5.41) is 4.18. The number of rotatable bonds is 5. The summed E-state index contributed by atoms with van der Waals surface area (Å²) in [5.74, 6) is 1.82. The normalized spacial score (nSPS) is 23.1. The second kappa shape index (κ2) is 8.77. The highest BCUT2D eigenvalue weighted by atomic mass is 35.5. The van der Waals surface area contributed by atoms with Crippen LogP contribution in [0.5, 0.6) is 5.75 Å². The van der Waals surface area contributed by atoms with Crippen molar-refractivity contribution in [2.75, 3.05) is 39.8 Å². The third kappa shape index (κ3) is 5.02. The molecule has 2 aliphatic heterocycles. The van der Waals surface area contributed by atoms with E-state index in [2.05, 4.69) is 27.0 Å². The van der Waals surface area contributed by atoms with Gasteiger partial charge < -0.3 is 15.0 Å². The molecular weight excluding hydrogens is 336 g/mol. The van der Waals surface area contributed by atoms with Crippen LogP contribution >= 0.6 is 11.6 Å². The number of nitrogens with one attached hydrogen (secondary N) is 1. The van der Waals surface area contributed by atoms with Crippen molar-refractivity contribution in [3.63, 3.8) is 0 Å². The first-order valence-electron chi connectivity index (χ1n) is 9.27. The molecule has 0 spiro atoms. The van der Waals surface area contributed by atoms with E-state index in [1.807, 2.05) is 31.3 Å². The number of benzene rings is 1. The van der Waals surface area contributed by atoms with Gasteiger partial charge in [0, 0.05) is 31.2 Å². The van der Waals surface area contributed by atoms with Crippen LogP contribution in [0.1, 0.15) is 26.2 Å².